The van der Waals surface area contributed by atoms with Gasteiger partial charge in [0.1, 0.15) is 12.2 Å². The molecule has 0 amide bonds. The van der Waals surface area contributed by atoms with Crippen LogP contribution in [0.5, 0.6) is 0 Å². The van der Waals surface area contributed by atoms with Crippen LogP contribution < -0.4 is 0 Å². The van der Waals surface area contributed by atoms with Gasteiger partial charge >= 0.3 is 11.9 Å². The van der Waals surface area contributed by atoms with Crippen molar-refractivity contribution in [1.29, 1.82) is 0 Å². The Bertz CT molecular complexity index is 557. The Labute approximate surface area is 116 Å². The van der Waals surface area contributed by atoms with E-state index in [0.29, 0.717) is 12.0 Å². The zero-order valence-corrected chi connectivity index (χ0v) is 11.2. The van der Waals surface area contributed by atoms with Gasteiger partial charge in [0, 0.05) is 24.0 Å². The van der Waals surface area contributed by atoms with Gasteiger partial charge in [-0.05, 0) is 19.1 Å². The molecule has 4 unspecified atom stereocenters. The van der Waals surface area contributed by atoms with Crippen molar-refractivity contribution in [3.63, 3.8) is 0 Å². The first-order chi connectivity index (χ1) is 9.45. The molecule has 0 spiro atoms. The second kappa shape index (κ2) is 4.59. The molecule has 4 atom stereocenters. The van der Waals surface area contributed by atoms with Gasteiger partial charge in [0.2, 0.25) is 0 Å². The Hall–Kier alpha value is -1.88. The van der Waals surface area contributed by atoms with Gasteiger partial charge in [-0.1, -0.05) is 12.2 Å². The van der Waals surface area contributed by atoms with Crippen LogP contribution in [-0.2, 0) is 19.1 Å². The molecule has 0 aromatic rings. The van der Waals surface area contributed by atoms with E-state index in [1.54, 1.807) is 6.08 Å². The van der Waals surface area contributed by atoms with Crippen molar-refractivity contribution in [2.75, 3.05) is 0 Å². The first-order valence-electron chi connectivity index (χ1n) is 6.62. The molecule has 0 aromatic heterocycles. The Morgan fingerprint density at radius 2 is 1.95 bits per heavy atom. The van der Waals surface area contributed by atoms with Crippen molar-refractivity contribution in [1.82, 2.24) is 0 Å². The van der Waals surface area contributed by atoms with Crippen LogP contribution in [0.3, 0.4) is 0 Å². The minimum absolute atomic E-state index is 0.152. The third-order valence-corrected chi connectivity index (χ3v) is 3.98. The largest absolute Gasteiger partial charge is 0.454 e. The number of ether oxygens (including phenoxy) is 2. The second-order valence-electron chi connectivity index (χ2n) is 5.55. The summed E-state index contributed by atoms with van der Waals surface area (Å²) in [5.74, 6) is -1.39. The van der Waals surface area contributed by atoms with E-state index in [2.05, 4.69) is 6.58 Å². The summed E-state index contributed by atoms with van der Waals surface area (Å²) >= 11 is 0. The van der Waals surface area contributed by atoms with E-state index in [1.807, 2.05) is 13.0 Å². The number of aliphatic hydroxyl groups excluding tert-OH is 1. The van der Waals surface area contributed by atoms with E-state index in [4.69, 9.17) is 9.47 Å². The van der Waals surface area contributed by atoms with Gasteiger partial charge in [0.15, 0.2) is 0 Å². The summed E-state index contributed by atoms with van der Waals surface area (Å²) in [6.45, 7) is 5.59. The molecule has 2 aliphatic heterocycles. The summed E-state index contributed by atoms with van der Waals surface area (Å²) in [6, 6.07) is 0. The highest BCUT2D eigenvalue weighted by Crippen LogP contribution is 2.36. The fourth-order valence-corrected chi connectivity index (χ4v) is 3.01. The molecule has 5 heteroatoms. The molecule has 3 rings (SSSR count). The number of rotatable bonds is 0. The monoisotopic (exact) mass is 276 g/mol. The van der Waals surface area contributed by atoms with Crippen molar-refractivity contribution < 1.29 is 24.2 Å². The van der Waals surface area contributed by atoms with Crippen LogP contribution in [-0.4, -0.2) is 35.4 Å². The van der Waals surface area contributed by atoms with Gasteiger partial charge in [-0.2, -0.15) is 0 Å². The van der Waals surface area contributed by atoms with E-state index >= 15 is 0 Å². The highest BCUT2D eigenvalue weighted by Gasteiger charge is 2.43. The predicted octanol–water partition coefficient (Wildman–Crippen LogP) is 1.04. The van der Waals surface area contributed by atoms with Gasteiger partial charge in [-0.15, -0.1) is 0 Å². The third kappa shape index (κ3) is 2.08. The zero-order chi connectivity index (χ0) is 14.4. The topological polar surface area (TPSA) is 72.8 Å². The molecule has 1 N–H and O–H groups in total. The molecule has 5 nitrogen and oxygen atoms in total. The minimum Gasteiger partial charge on any atom is -0.454 e. The molecule has 20 heavy (non-hydrogen) atoms. The Balaban J connectivity index is 1.98. The van der Waals surface area contributed by atoms with Gasteiger partial charge in [0.25, 0.3) is 0 Å². The van der Waals surface area contributed by atoms with Crippen LogP contribution in [0, 0.1) is 5.92 Å². The van der Waals surface area contributed by atoms with Gasteiger partial charge in [-0.25, -0.2) is 9.59 Å². The summed E-state index contributed by atoms with van der Waals surface area (Å²) in [7, 11) is 0. The summed E-state index contributed by atoms with van der Waals surface area (Å²) in [5, 5.41) is 10.3. The maximum absolute atomic E-state index is 11.7. The molecule has 1 aliphatic carbocycles. The second-order valence-corrected chi connectivity index (χ2v) is 5.55. The quantitative estimate of drug-likeness (QED) is 0.406. The van der Waals surface area contributed by atoms with Crippen molar-refractivity contribution in [2.45, 2.75) is 38.1 Å². The lowest BCUT2D eigenvalue weighted by Crippen LogP contribution is -2.29. The third-order valence-electron chi connectivity index (χ3n) is 3.98. The summed E-state index contributed by atoms with van der Waals surface area (Å²) in [5.41, 5.74) is 1.67. The van der Waals surface area contributed by atoms with E-state index in [9.17, 15) is 14.7 Å². The number of carbonyl (C=O) groups excluding carboxylic acids is 2. The SMILES string of the molecule is C=C1C(=O)OC2/C=C(/C)CC3C=C(CC(O)C12)C(=O)O3. The standard InChI is InChI=1S/C15H16O5/c1-7-3-10-5-9(15(18)19-10)6-11(16)13-8(2)14(17)20-12(13)4-7/h4-5,10-13,16H,2-3,6H2,1H3/b7-4-. The van der Waals surface area contributed by atoms with Crippen molar-refractivity contribution in [2.24, 2.45) is 5.92 Å². The molecule has 3 aliphatic rings. The lowest BCUT2D eigenvalue weighted by atomic mass is 9.85. The average molecular weight is 276 g/mol. The van der Waals surface area contributed by atoms with Crippen LogP contribution in [0.2, 0.25) is 0 Å². The molecule has 0 aromatic carbocycles. The lowest BCUT2D eigenvalue weighted by molar-refractivity contribution is -0.140. The van der Waals surface area contributed by atoms with Crippen LogP contribution in [0.15, 0.2) is 35.5 Å². The molecule has 106 valence electrons. The average Bonchev–Trinajstić information content (AvgIpc) is 2.80. The number of esters is 2. The van der Waals surface area contributed by atoms with Gasteiger partial charge in [-0.3, -0.25) is 0 Å². The molecular formula is C15H16O5. The normalized spacial score (nSPS) is 39.4. The first-order valence-corrected chi connectivity index (χ1v) is 6.62. The predicted molar refractivity (Wildman–Crippen MR) is 69.5 cm³/mol. The summed E-state index contributed by atoms with van der Waals surface area (Å²) in [6.07, 6.45) is 2.59. The number of carbonyl (C=O) groups is 2. The fourth-order valence-electron chi connectivity index (χ4n) is 3.01. The Morgan fingerprint density at radius 1 is 1.20 bits per heavy atom. The first kappa shape index (κ1) is 13.1. The number of hydrogen-bond donors (Lipinski definition) is 1. The molecule has 1 saturated heterocycles. The van der Waals surface area contributed by atoms with Crippen molar-refractivity contribution in [3.8, 4) is 0 Å². The molecular weight excluding hydrogens is 260 g/mol. The van der Waals surface area contributed by atoms with E-state index < -0.39 is 30.1 Å². The Kier molecular flexibility index (Phi) is 3.01. The zero-order valence-electron chi connectivity index (χ0n) is 11.2. The summed E-state index contributed by atoms with van der Waals surface area (Å²) in [4.78, 5) is 23.4. The lowest BCUT2D eigenvalue weighted by Gasteiger charge is -2.21. The van der Waals surface area contributed by atoms with Gasteiger partial charge < -0.3 is 14.6 Å². The number of aliphatic hydroxyl groups is 1. The van der Waals surface area contributed by atoms with Crippen molar-refractivity contribution >= 4 is 11.9 Å². The molecule has 2 heterocycles. The van der Waals surface area contributed by atoms with Crippen LogP contribution >= 0.6 is 0 Å². The summed E-state index contributed by atoms with van der Waals surface area (Å²) < 4.78 is 10.5. The number of fused-ring (bicyclic) bond motifs is 2. The molecule has 0 radical (unpaired) electrons. The molecule has 2 bridgehead atoms. The highest BCUT2D eigenvalue weighted by molar-refractivity contribution is 5.92. The highest BCUT2D eigenvalue weighted by atomic mass is 16.6. The molecule has 1 fully saturated rings. The van der Waals surface area contributed by atoms with Crippen molar-refractivity contribution in [3.05, 3.63) is 35.5 Å². The molecule has 0 saturated carbocycles. The van der Waals surface area contributed by atoms with Crippen LogP contribution in [0.25, 0.3) is 0 Å². The van der Waals surface area contributed by atoms with Gasteiger partial charge in [0.05, 0.1) is 12.0 Å². The maximum atomic E-state index is 11.7. The van der Waals surface area contributed by atoms with E-state index in [-0.39, 0.29) is 18.1 Å². The van der Waals surface area contributed by atoms with Crippen LogP contribution in [0.4, 0.5) is 0 Å². The fraction of sp³-hybridized carbons (Fsp3) is 0.467. The smallest absolute Gasteiger partial charge is 0.334 e. The Morgan fingerprint density at radius 3 is 2.70 bits per heavy atom. The van der Waals surface area contributed by atoms with E-state index in [0.717, 1.165) is 5.57 Å². The minimum atomic E-state index is -0.890. The van der Waals surface area contributed by atoms with Crippen LogP contribution in [0.1, 0.15) is 19.8 Å². The maximum Gasteiger partial charge on any atom is 0.334 e. The van der Waals surface area contributed by atoms with E-state index in [1.165, 1.54) is 0 Å². The number of hydrogen-bond acceptors (Lipinski definition) is 5.